The Morgan fingerprint density at radius 1 is 1.26 bits per heavy atom. The van der Waals surface area contributed by atoms with Gasteiger partial charge in [-0.2, -0.15) is 5.10 Å². The fourth-order valence-corrected chi connectivity index (χ4v) is 3.86. The number of aryl methyl sites for hydroxylation is 1. The topological polar surface area (TPSA) is 58.4 Å². The summed E-state index contributed by atoms with van der Waals surface area (Å²) in [6, 6.07) is 10.1. The summed E-state index contributed by atoms with van der Waals surface area (Å²) >= 11 is 0. The van der Waals surface area contributed by atoms with Crippen LogP contribution in [0.3, 0.4) is 0 Å². The van der Waals surface area contributed by atoms with Crippen LogP contribution in [0.2, 0.25) is 0 Å². The number of rotatable bonds is 7. The maximum atomic E-state index is 13.0. The molecule has 0 spiro atoms. The maximum absolute atomic E-state index is 13.0. The highest BCUT2D eigenvalue weighted by atomic mass is 16.3. The molecule has 1 atom stereocenters. The van der Waals surface area contributed by atoms with Gasteiger partial charge in [-0.3, -0.25) is 9.48 Å². The summed E-state index contributed by atoms with van der Waals surface area (Å²) in [5.74, 6) is 1.13. The number of likely N-dealkylation sites (tertiary alicyclic amines) is 1. The summed E-state index contributed by atoms with van der Waals surface area (Å²) < 4.78 is 1.85. The van der Waals surface area contributed by atoms with Crippen molar-refractivity contribution in [3.63, 3.8) is 0 Å². The van der Waals surface area contributed by atoms with E-state index >= 15 is 0 Å². The van der Waals surface area contributed by atoms with Crippen molar-refractivity contribution in [2.75, 3.05) is 13.1 Å². The van der Waals surface area contributed by atoms with Crippen LogP contribution in [0.1, 0.15) is 54.5 Å². The molecule has 1 aromatic heterocycles. The predicted octanol–water partition coefficient (Wildman–Crippen LogP) is 3.30. The van der Waals surface area contributed by atoms with E-state index in [-0.39, 0.29) is 12.5 Å². The van der Waals surface area contributed by atoms with Crippen molar-refractivity contribution in [2.45, 2.75) is 53.2 Å². The number of carbonyl (C=O) groups is 1. The second-order valence-electron chi connectivity index (χ2n) is 8.02. The van der Waals surface area contributed by atoms with Crippen LogP contribution >= 0.6 is 0 Å². The van der Waals surface area contributed by atoms with Crippen molar-refractivity contribution in [3.05, 3.63) is 52.8 Å². The monoisotopic (exact) mass is 369 g/mol. The molecule has 1 N–H and O–H groups in total. The molecule has 1 aliphatic heterocycles. The van der Waals surface area contributed by atoms with Crippen molar-refractivity contribution < 1.29 is 9.90 Å². The number of aliphatic hydroxyl groups is 1. The zero-order valence-corrected chi connectivity index (χ0v) is 16.7. The Bertz CT molecular complexity index is 764. The number of carbonyl (C=O) groups excluding carboxylic acids is 1. The molecule has 1 amide bonds. The minimum absolute atomic E-state index is 0.0793. The zero-order chi connectivity index (χ0) is 19.4. The van der Waals surface area contributed by atoms with Gasteiger partial charge in [0.05, 0.1) is 12.3 Å². The average molecular weight is 370 g/mol. The van der Waals surface area contributed by atoms with Gasteiger partial charge in [0.15, 0.2) is 0 Å². The number of aromatic nitrogens is 2. The van der Waals surface area contributed by atoms with E-state index < -0.39 is 0 Å². The molecule has 27 heavy (non-hydrogen) atoms. The minimum atomic E-state index is 0.0793. The van der Waals surface area contributed by atoms with Gasteiger partial charge in [-0.05, 0) is 55.2 Å². The van der Waals surface area contributed by atoms with Crippen molar-refractivity contribution in [3.8, 4) is 0 Å². The smallest absolute Gasteiger partial charge is 0.272 e. The molecule has 0 saturated carbocycles. The molecular weight excluding hydrogens is 338 g/mol. The first-order chi connectivity index (χ1) is 13.0. The first-order valence-corrected chi connectivity index (χ1v) is 10.0. The molecule has 1 saturated heterocycles. The predicted molar refractivity (Wildman–Crippen MR) is 107 cm³/mol. The summed E-state index contributed by atoms with van der Waals surface area (Å²) in [7, 11) is 0. The number of benzene rings is 1. The lowest BCUT2D eigenvalue weighted by Crippen LogP contribution is -2.30. The number of hydrogen-bond acceptors (Lipinski definition) is 3. The summed E-state index contributed by atoms with van der Waals surface area (Å²) in [5, 5.41) is 13.8. The summed E-state index contributed by atoms with van der Waals surface area (Å²) in [6.45, 7) is 8.78. The number of hydrogen-bond donors (Lipinski definition) is 1. The lowest BCUT2D eigenvalue weighted by atomic mass is 9.98. The lowest BCUT2D eigenvalue weighted by molar-refractivity contribution is 0.0775. The average Bonchev–Trinajstić information content (AvgIpc) is 3.28. The van der Waals surface area contributed by atoms with E-state index in [4.69, 9.17) is 5.11 Å². The fourth-order valence-electron chi connectivity index (χ4n) is 3.86. The maximum Gasteiger partial charge on any atom is 0.272 e. The third-order valence-corrected chi connectivity index (χ3v) is 5.27. The van der Waals surface area contributed by atoms with E-state index in [1.807, 2.05) is 34.7 Å². The van der Waals surface area contributed by atoms with Crippen molar-refractivity contribution in [1.82, 2.24) is 14.7 Å². The lowest BCUT2D eigenvalue weighted by Gasteiger charge is -2.17. The molecule has 0 radical (unpaired) electrons. The Balaban J connectivity index is 1.64. The molecule has 1 fully saturated rings. The van der Waals surface area contributed by atoms with E-state index in [1.54, 1.807) is 0 Å². The highest BCUT2D eigenvalue weighted by molar-refractivity contribution is 5.93. The second-order valence-corrected chi connectivity index (χ2v) is 8.02. The minimum Gasteiger partial charge on any atom is -0.392 e. The Kier molecular flexibility index (Phi) is 6.32. The van der Waals surface area contributed by atoms with Gasteiger partial charge in [0.1, 0.15) is 5.69 Å². The van der Waals surface area contributed by atoms with Crippen LogP contribution in [0.4, 0.5) is 0 Å². The van der Waals surface area contributed by atoms with Crippen LogP contribution in [-0.4, -0.2) is 38.8 Å². The van der Waals surface area contributed by atoms with Gasteiger partial charge in [-0.15, -0.1) is 0 Å². The van der Waals surface area contributed by atoms with Crippen LogP contribution in [0.25, 0.3) is 0 Å². The molecule has 1 aliphatic rings. The molecule has 0 unspecified atom stereocenters. The Labute approximate surface area is 162 Å². The quantitative estimate of drug-likeness (QED) is 0.815. The van der Waals surface area contributed by atoms with Crippen molar-refractivity contribution in [2.24, 2.45) is 11.8 Å². The van der Waals surface area contributed by atoms with E-state index in [0.717, 1.165) is 49.3 Å². The molecule has 0 aliphatic carbocycles. The molecule has 146 valence electrons. The number of aliphatic hydroxyl groups excluding tert-OH is 1. The molecule has 0 bridgehead atoms. The molecular formula is C22H31N3O2. The molecule has 2 aromatic rings. The van der Waals surface area contributed by atoms with Gasteiger partial charge < -0.3 is 10.0 Å². The van der Waals surface area contributed by atoms with Gasteiger partial charge in [-0.1, -0.05) is 38.1 Å². The standard InChI is InChI=1S/C22H31N3O2/c1-4-25-21(13-20(23-25)11-16(2)3)22(27)24-10-9-19(14-24)12-17-5-7-18(15-26)8-6-17/h5-8,13,16,19,26H,4,9-12,14-15H2,1-3H3/t19-/m1/s1. The fraction of sp³-hybridized carbons (Fsp3) is 0.545. The first kappa shape index (κ1) is 19.6. The van der Waals surface area contributed by atoms with E-state index in [2.05, 4.69) is 31.1 Å². The Morgan fingerprint density at radius 2 is 1.96 bits per heavy atom. The summed E-state index contributed by atoms with van der Waals surface area (Å²) in [6.07, 6.45) is 2.91. The zero-order valence-electron chi connectivity index (χ0n) is 16.7. The Morgan fingerprint density at radius 3 is 2.59 bits per heavy atom. The van der Waals surface area contributed by atoms with E-state index in [1.165, 1.54) is 5.56 Å². The van der Waals surface area contributed by atoms with Crippen LogP contribution in [0.15, 0.2) is 30.3 Å². The third kappa shape index (κ3) is 4.78. The van der Waals surface area contributed by atoms with Gasteiger partial charge in [0.2, 0.25) is 0 Å². The van der Waals surface area contributed by atoms with Gasteiger partial charge in [-0.25, -0.2) is 0 Å². The highest BCUT2D eigenvalue weighted by Gasteiger charge is 2.29. The van der Waals surface area contributed by atoms with Crippen molar-refractivity contribution in [1.29, 1.82) is 0 Å². The van der Waals surface area contributed by atoms with Crippen LogP contribution in [0, 0.1) is 11.8 Å². The summed E-state index contributed by atoms with van der Waals surface area (Å²) in [4.78, 5) is 15.0. The summed E-state index contributed by atoms with van der Waals surface area (Å²) in [5.41, 5.74) is 3.94. The third-order valence-electron chi connectivity index (χ3n) is 5.27. The second kappa shape index (κ2) is 8.70. The van der Waals surface area contributed by atoms with Gasteiger partial charge in [0, 0.05) is 19.6 Å². The molecule has 5 heteroatoms. The Hall–Kier alpha value is -2.14. The van der Waals surface area contributed by atoms with Crippen LogP contribution in [-0.2, 0) is 26.0 Å². The van der Waals surface area contributed by atoms with Gasteiger partial charge in [0.25, 0.3) is 5.91 Å². The molecule has 2 heterocycles. The van der Waals surface area contributed by atoms with Crippen molar-refractivity contribution >= 4 is 5.91 Å². The normalized spacial score (nSPS) is 17.1. The number of nitrogens with zero attached hydrogens (tertiary/aromatic N) is 3. The van der Waals surface area contributed by atoms with Crippen LogP contribution < -0.4 is 0 Å². The molecule has 3 rings (SSSR count). The first-order valence-electron chi connectivity index (χ1n) is 10.0. The molecule has 5 nitrogen and oxygen atoms in total. The van der Waals surface area contributed by atoms with Crippen LogP contribution in [0.5, 0.6) is 0 Å². The highest BCUT2D eigenvalue weighted by Crippen LogP contribution is 2.23. The SMILES string of the molecule is CCn1nc(CC(C)C)cc1C(=O)N1CC[C@H](Cc2ccc(CO)cc2)C1. The molecule has 1 aromatic carbocycles. The van der Waals surface area contributed by atoms with E-state index in [9.17, 15) is 4.79 Å². The number of amides is 1. The van der Waals surface area contributed by atoms with E-state index in [0.29, 0.717) is 18.4 Å². The van der Waals surface area contributed by atoms with Gasteiger partial charge >= 0.3 is 0 Å². The largest absolute Gasteiger partial charge is 0.392 e.